The summed E-state index contributed by atoms with van der Waals surface area (Å²) in [5.41, 5.74) is 3.86. The first-order valence-electron chi connectivity index (χ1n) is 10.6. The molecule has 0 radical (unpaired) electrons. The summed E-state index contributed by atoms with van der Waals surface area (Å²) in [7, 11) is 0. The fourth-order valence-corrected chi connectivity index (χ4v) is 4.10. The molecule has 3 aromatic rings. The normalized spacial score (nSPS) is 13.7. The molecule has 7 heteroatoms. The number of nitrogens with one attached hydrogen (secondary N) is 1. The number of carboxylic acids is 1. The molecule has 1 aliphatic rings. The molecule has 6 nitrogen and oxygen atoms in total. The van der Waals surface area contributed by atoms with Crippen LogP contribution in [0.15, 0.2) is 66.7 Å². The quantitative estimate of drug-likeness (QED) is 0.569. The minimum atomic E-state index is -1.01. The predicted molar refractivity (Wildman–Crippen MR) is 122 cm³/mol. The summed E-state index contributed by atoms with van der Waals surface area (Å²) in [4.78, 5) is 38.2. The van der Waals surface area contributed by atoms with Crippen LogP contribution in [0.5, 0.6) is 0 Å². The van der Waals surface area contributed by atoms with Crippen molar-refractivity contribution in [2.45, 2.75) is 26.4 Å². The molecule has 0 unspecified atom stereocenters. The number of hydrogen-bond donors (Lipinski definition) is 2. The van der Waals surface area contributed by atoms with Gasteiger partial charge >= 0.3 is 5.97 Å². The maximum absolute atomic E-state index is 13.3. The van der Waals surface area contributed by atoms with E-state index in [1.165, 1.54) is 29.2 Å². The fraction of sp³-hybridized carbons (Fsp3) is 0.192. The van der Waals surface area contributed by atoms with Crippen molar-refractivity contribution in [3.63, 3.8) is 0 Å². The van der Waals surface area contributed by atoms with Gasteiger partial charge < -0.3 is 15.3 Å². The summed E-state index contributed by atoms with van der Waals surface area (Å²) in [5.74, 6) is -2.38. The maximum atomic E-state index is 13.3. The molecule has 0 saturated heterocycles. The van der Waals surface area contributed by atoms with Gasteiger partial charge in [-0.25, -0.2) is 9.18 Å². The number of rotatable bonds is 6. The number of aliphatic carboxylic acids is 1. The standard InChI is InChI=1S/C26H23FN2O4/c1-15(2)23(26(32)33)29-14-19-12-17(8-11-22(19)25(29)31)16-6-9-21(10-7-16)28-24(30)18-4-3-5-20(27)13-18/h3-13,15,23H,14H2,1-2H3,(H,28,30)(H,32,33)/t23-/m0/s1. The smallest absolute Gasteiger partial charge is 0.326 e. The summed E-state index contributed by atoms with van der Waals surface area (Å²) in [6.45, 7) is 3.82. The zero-order chi connectivity index (χ0) is 23.7. The highest BCUT2D eigenvalue weighted by molar-refractivity contribution is 6.04. The average molecular weight is 446 g/mol. The molecule has 0 bridgehead atoms. The summed E-state index contributed by atoms with van der Waals surface area (Å²) in [5, 5.41) is 12.3. The average Bonchev–Trinajstić information content (AvgIpc) is 3.09. The van der Waals surface area contributed by atoms with E-state index >= 15 is 0 Å². The SMILES string of the molecule is CC(C)[C@@H](C(=O)O)N1Cc2cc(-c3ccc(NC(=O)c4cccc(F)c4)cc3)ccc2C1=O. The van der Waals surface area contributed by atoms with Crippen molar-refractivity contribution in [1.82, 2.24) is 4.90 Å². The number of fused-ring (bicyclic) bond motifs is 1. The minimum Gasteiger partial charge on any atom is -0.480 e. The first-order valence-corrected chi connectivity index (χ1v) is 10.6. The topological polar surface area (TPSA) is 86.7 Å². The number of amides is 2. The van der Waals surface area contributed by atoms with Crippen LogP contribution in [0.3, 0.4) is 0 Å². The molecular weight excluding hydrogens is 423 g/mol. The number of benzene rings is 3. The second-order valence-corrected chi connectivity index (χ2v) is 8.37. The Morgan fingerprint density at radius 1 is 1.00 bits per heavy atom. The monoisotopic (exact) mass is 446 g/mol. The molecule has 0 fully saturated rings. The number of halogens is 1. The summed E-state index contributed by atoms with van der Waals surface area (Å²) < 4.78 is 13.3. The Morgan fingerprint density at radius 2 is 1.70 bits per heavy atom. The lowest BCUT2D eigenvalue weighted by Gasteiger charge is -2.27. The van der Waals surface area contributed by atoms with Gasteiger partial charge in [0.25, 0.3) is 11.8 Å². The molecule has 0 aliphatic carbocycles. The highest BCUT2D eigenvalue weighted by atomic mass is 19.1. The fourth-order valence-electron chi connectivity index (χ4n) is 4.10. The highest BCUT2D eigenvalue weighted by Crippen LogP contribution is 2.31. The summed E-state index contributed by atoms with van der Waals surface area (Å²) in [6.07, 6.45) is 0. The van der Waals surface area contributed by atoms with Gasteiger partial charge in [-0.2, -0.15) is 0 Å². The van der Waals surface area contributed by atoms with E-state index in [0.29, 0.717) is 11.3 Å². The number of carboxylic acid groups (broad SMARTS) is 1. The molecule has 1 heterocycles. The number of anilines is 1. The van der Waals surface area contributed by atoms with E-state index in [1.807, 2.05) is 24.3 Å². The van der Waals surface area contributed by atoms with Crippen LogP contribution in [-0.2, 0) is 11.3 Å². The molecule has 4 rings (SSSR count). The van der Waals surface area contributed by atoms with Crippen LogP contribution in [0, 0.1) is 11.7 Å². The van der Waals surface area contributed by atoms with E-state index in [0.717, 1.165) is 16.7 Å². The third-order valence-corrected chi connectivity index (χ3v) is 5.72. The van der Waals surface area contributed by atoms with Crippen molar-refractivity contribution in [1.29, 1.82) is 0 Å². The Morgan fingerprint density at radius 3 is 2.33 bits per heavy atom. The first kappa shape index (κ1) is 22.2. The maximum Gasteiger partial charge on any atom is 0.326 e. The Bertz CT molecular complexity index is 1240. The van der Waals surface area contributed by atoms with Crippen LogP contribution in [0.1, 0.15) is 40.1 Å². The van der Waals surface area contributed by atoms with Crippen LogP contribution in [-0.4, -0.2) is 33.8 Å². The van der Waals surface area contributed by atoms with Crippen LogP contribution in [0.25, 0.3) is 11.1 Å². The highest BCUT2D eigenvalue weighted by Gasteiger charge is 2.38. The second-order valence-electron chi connectivity index (χ2n) is 8.37. The molecule has 33 heavy (non-hydrogen) atoms. The van der Waals surface area contributed by atoms with Gasteiger partial charge in [0.1, 0.15) is 11.9 Å². The molecule has 168 valence electrons. The molecule has 3 aromatic carbocycles. The summed E-state index contributed by atoms with van der Waals surface area (Å²) >= 11 is 0. The third-order valence-electron chi connectivity index (χ3n) is 5.72. The van der Waals surface area contributed by atoms with E-state index in [-0.39, 0.29) is 23.9 Å². The van der Waals surface area contributed by atoms with E-state index in [4.69, 9.17) is 0 Å². The molecule has 2 N–H and O–H groups in total. The van der Waals surface area contributed by atoms with Crippen LogP contribution in [0.4, 0.5) is 10.1 Å². The van der Waals surface area contributed by atoms with Crippen LogP contribution in [0.2, 0.25) is 0 Å². The summed E-state index contributed by atoms with van der Waals surface area (Å²) in [6, 6.07) is 17.2. The molecule has 1 aliphatic heterocycles. The molecule has 0 spiro atoms. The van der Waals surface area contributed by atoms with Gasteiger partial charge in [0.05, 0.1) is 0 Å². The van der Waals surface area contributed by atoms with E-state index in [9.17, 15) is 23.9 Å². The minimum absolute atomic E-state index is 0.213. The van der Waals surface area contributed by atoms with Crippen molar-refractivity contribution >= 4 is 23.5 Å². The lowest BCUT2D eigenvalue weighted by Crippen LogP contribution is -2.44. The van der Waals surface area contributed by atoms with Crippen molar-refractivity contribution < 1.29 is 23.9 Å². The van der Waals surface area contributed by atoms with Gasteiger partial charge in [-0.15, -0.1) is 0 Å². The van der Waals surface area contributed by atoms with Crippen molar-refractivity contribution in [2.24, 2.45) is 5.92 Å². The molecule has 0 saturated carbocycles. The first-order chi connectivity index (χ1) is 15.7. The van der Waals surface area contributed by atoms with E-state index < -0.39 is 23.7 Å². The number of carbonyl (C=O) groups excluding carboxylic acids is 2. The molecule has 2 amide bonds. The zero-order valence-corrected chi connectivity index (χ0v) is 18.2. The molecular formula is C26H23FN2O4. The molecule has 0 aromatic heterocycles. The number of carbonyl (C=O) groups is 3. The lowest BCUT2D eigenvalue weighted by molar-refractivity contribution is -0.144. The Balaban J connectivity index is 1.51. The van der Waals surface area contributed by atoms with Gasteiger partial charge in [-0.1, -0.05) is 38.1 Å². The van der Waals surface area contributed by atoms with Gasteiger partial charge in [0.2, 0.25) is 0 Å². The Labute approximate surface area is 190 Å². The number of nitrogens with zero attached hydrogens (tertiary/aromatic N) is 1. The van der Waals surface area contributed by atoms with Crippen LogP contribution >= 0.6 is 0 Å². The van der Waals surface area contributed by atoms with Crippen LogP contribution < -0.4 is 5.32 Å². The van der Waals surface area contributed by atoms with E-state index in [1.54, 1.807) is 32.0 Å². The Hall–Kier alpha value is -4.00. The second kappa shape index (κ2) is 8.86. The lowest BCUT2D eigenvalue weighted by atomic mass is 10.0. The van der Waals surface area contributed by atoms with Crippen molar-refractivity contribution in [2.75, 3.05) is 5.32 Å². The number of hydrogen-bond acceptors (Lipinski definition) is 3. The van der Waals surface area contributed by atoms with Gasteiger partial charge in [-0.05, 0) is 65.1 Å². The van der Waals surface area contributed by atoms with Crippen molar-refractivity contribution in [3.05, 3.63) is 89.2 Å². The molecule has 1 atom stereocenters. The van der Waals surface area contributed by atoms with Gasteiger partial charge in [0, 0.05) is 23.4 Å². The zero-order valence-electron chi connectivity index (χ0n) is 18.2. The van der Waals surface area contributed by atoms with Gasteiger partial charge in [-0.3, -0.25) is 9.59 Å². The third kappa shape index (κ3) is 4.48. The Kier molecular flexibility index (Phi) is 5.96. The largest absolute Gasteiger partial charge is 0.480 e. The van der Waals surface area contributed by atoms with E-state index in [2.05, 4.69) is 5.32 Å². The predicted octanol–water partition coefficient (Wildman–Crippen LogP) is 4.81. The van der Waals surface area contributed by atoms with Gasteiger partial charge in [0.15, 0.2) is 0 Å². The van der Waals surface area contributed by atoms with Crippen molar-refractivity contribution in [3.8, 4) is 11.1 Å².